The number of anilines is 2. The van der Waals surface area contributed by atoms with E-state index >= 15 is 0 Å². The van der Waals surface area contributed by atoms with E-state index in [4.69, 9.17) is 5.73 Å². The molecule has 0 aliphatic carbocycles. The fourth-order valence-electron chi connectivity index (χ4n) is 2.87. The average molecular weight is 342 g/mol. The number of amides is 1. The molecule has 0 bridgehead atoms. The highest BCUT2D eigenvalue weighted by Crippen LogP contribution is 2.24. The highest BCUT2D eigenvalue weighted by molar-refractivity contribution is 7.15. The van der Waals surface area contributed by atoms with Gasteiger partial charge in [-0.3, -0.25) is 9.69 Å². The number of hydrogen-bond acceptors (Lipinski definition) is 5. The molecule has 0 saturated carbocycles. The Hall–Kier alpha value is -2.18. The fraction of sp³-hybridized carbons (Fsp3) is 0.333. The Morgan fingerprint density at radius 2 is 2.25 bits per heavy atom. The van der Waals surface area contributed by atoms with Gasteiger partial charge in [0.05, 0.1) is 5.69 Å². The van der Waals surface area contributed by atoms with E-state index in [1.165, 1.54) is 17.5 Å². The minimum absolute atomic E-state index is 0.0533. The monoisotopic (exact) mass is 342 g/mol. The summed E-state index contributed by atoms with van der Waals surface area (Å²) in [7, 11) is 0. The summed E-state index contributed by atoms with van der Waals surface area (Å²) < 4.78 is 0. The molecule has 126 valence electrons. The summed E-state index contributed by atoms with van der Waals surface area (Å²) in [5, 5.41) is 3.49. The molecule has 0 fully saturated rings. The molecular formula is C18H22N4OS. The average Bonchev–Trinajstić information content (AvgIpc) is 2.79. The van der Waals surface area contributed by atoms with Crippen LogP contribution in [0.5, 0.6) is 0 Å². The van der Waals surface area contributed by atoms with Crippen molar-refractivity contribution in [2.75, 3.05) is 30.7 Å². The molecule has 1 aliphatic rings. The Balaban J connectivity index is 1.55. The third kappa shape index (κ3) is 4.43. The predicted molar refractivity (Wildman–Crippen MR) is 100 cm³/mol. The van der Waals surface area contributed by atoms with Crippen molar-refractivity contribution >= 4 is 34.1 Å². The predicted octanol–water partition coefficient (Wildman–Crippen LogP) is 2.80. The van der Waals surface area contributed by atoms with Gasteiger partial charge in [0.2, 0.25) is 5.91 Å². The summed E-state index contributed by atoms with van der Waals surface area (Å²) >= 11 is 1.62. The van der Waals surface area contributed by atoms with Crippen LogP contribution in [0.25, 0.3) is 6.08 Å². The fourth-order valence-corrected chi connectivity index (χ4v) is 3.74. The quantitative estimate of drug-likeness (QED) is 0.896. The Kier molecular flexibility index (Phi) is 5.27. The summed E-state index contributed by atoms with van der Waals surface area (Å²) in [4.78, 5) is 19.3. The van der Waals surface area contributed by atoms with Crippen LogP contribution in [-0.4, -0.2) is 35.4 Å². The van der Waals surface area contributed by atoms with Crippen molar-refractivity contribution in [1.29, 1.82) is 0 Å². The van der Waals surface area contributed by atoms with Crippen LogP contribution in [0.15, 0.2) is 30.3 Å². The van der Waals surface area contributed by atoms with Gasteiger partial charge in [-0.25, -0.2) is 4.98 Å². The van der Waals surface area contributed by atoms with Crippen molar-refractivity contribution in [3.8, 4) is 0 Å². The number of nitrogen functional groups attached to an aromatic ring is 1. The highest BCUT2D eigenvalue weighted by atomic mass is 32.1. The van der Waals surface area contributed by atoms with Gasteiger partial charge in [-0.2, -0.15) is 0 Å². The number of rotatable bonds is 4. The van der Waals surface area contributed by atoms with E-state index in [-0.39, 0.29) is 5.91 Å². The number of carbonyl (C=O) groups is 1. The SMILES string of the molecule is CC(=O)Nc1cccc(C=CCN2CCc3nc(N)sc3CC2)c1. The van der Waals surface area contributed by atoms with Gasteiger partial charge in [-0.15, -0.1) is 11.3 Å². The minimum atomic E-state index is -0.0533. The number of aromatic nitrogens is 1. The van der Waals surface area contributed by atoms with Gasteiger partial charge >= 0.3 is 0 Å². The van der Waals surface area contributed by atoms with Crippen LogP contribution in [0.3, 0.4) is 0 Å². The maximum Gasteiger partial charge on any atom is 0.221 e. The molecule has 24 heavy (non-hydrogen) atoms. The maximum atomic E-state index is 11.1. The van der Waals surface area contributed by atoms with Crippen molar-refractivity contribution in [3.05, 3.63) is 46.5 Å². The number of benzene rings is 1. The number of hydrogen-bond donors (Lipinski definition) is 2. The molecule has 0 atom stereocenters. The first-order chi connectivity index (χ1) is 11.6. The van der Waals surface area contributed by atoms with E-state index in [2.05, 4.69) is 27.4 Å². The summed E-state index contributed by atoms with van der Waals surface area (Å²) in [6.45, 7) is 4.47. The number of nitrogens with one attached hydrogen (secondary N) is 1. The normalized spacial score (nSPS) is 15.2. The van der Waals surface area contributed by atoms with Gasteiger partial charge in [0, 0.05) is 43.5 Å². The number of fused-ring (bicyclic) bond motifs is 1. The molecule has 0 radical (unpaired) electrons. The molecule has 0 unspecified atom stereocenters. The number of carbonyl (C=O) groups excluding carboxylic acids is 1. The zero-order valence-electron chi connectivity index (χ0n) is 13.8. The van der Waals surface area contributed by atoms with E-state index in [1.807, 2.05) is 24.3 Å². The number of nitrogens with zero attached hydrogens (tertiary/aromatic N) is 2. The number of thiazole rings is 1. The molecule has 5 nitrogen and oxygen atoms in total. The van der Waals surface area contributed by atoms with E-state index in [1.54, 1.807) is 11.3 Å². The molecule has 1 aliphatic heterocycles. The molecular weight excluding hydrogens is 320 g/mol. The summed E-state index contributed by atoms with van der Waals surface area (Å²) in [5.41, 5.74) is 8.87. The number of nitrogens with two attached hydrogens (primary N) is 1. The summed E-state index contributed by atoms with van der Waals surface area (Å²) in [6, 6.07) is 7.86. The van der Waals surface area contributed by atoms with Crippen LogP contribution in [0.4, 0.5) is 10.8 Å². The first kappa shape index (κ1) is 16.7. The molecule has 1 aromatic heterocycles. The largest absolute Gasteiger partial charge is 0.375 e. The van der Waals surface area contributed by atoms with Crippen molar-refractivity contribution < 1.29 is 4.79 Å². The van der Waals surface area contributed by atoms with E-state index < -0.39 is 0 Å². The molecule has 1 amide bonds. The summed E-state index contributed by atoms with van der Waals surface area (Å²) in [6.07, 6.45) is 6.27. The van der Waals surface area contributed by atoms with E-state index in [9.17, 15) is 4.79 Å². The molecule has 1 aromatic carbocycles. The lowest BCUT2D eigenvalue weighted by Gasteiger charge is -2.17. The van der Waals surface area contributed by atoms with Crippen molar-refractivity contribution in [1.82, 2.24) is 9.88 Å². The van der Waals surface area contributed by atoms with E-state index in [0.29, 0.717) is 5.13 Å². The van der Waals surface area contributed by atoms with Crippen LogP contribution in [-0.2, 0) is 17.6 Å². The van der Waals surface area contributed by atoms with Crippen molar-refractivity contribution in [2.45, 2.75) is 19.8 Å². The lowest BCUT2D eigenvalue weighted by molar-refractivity contribution is -0.114. The molecule has 3 N–H and O–H groups in total. The molecule has 2 aromatic rings. The topological polar surface area (TPSA) is 71.2 Å². The Labute approximate surface area is 146 Å². The third-order valence-electron chi connectivity index (χ3n) is 4.00. The van der Waals surface area contributed by atoms with Gasteiger partial charge in [0.1, 0.15) is 0 Å². The van der Waals surface area contributed by atoms with Crippen molar-refractivity contribution in [2.24, 2.45) is 0 Å². The van der Waals surface area contributed by atoms with Crippen LogP contribution in [0, 0.1) is 0 Å². The van der Waals surface area contributed by atoms with Gasteiger partial charge in [-0.1, -0.05) is 24.3 Å². The van der Waals surface area contributed by atoms with Gasteiger partial charge in [-0.05, 0) is 24.1 Å². The molecule has 6 heteroatoms. The van der Waals surface area contributed by atoms with Gasteiger partial charge < -0.3 is 11.1 Å². The summed E-state index contributed by atoms with van der Waals surface area (Å²) in [5.74, 6) is -0.0533. The second kappa shape index (κ2) is 7.59. The highest BCUT2D eigenvalue weighted by Gasteiger charge is 2.16. The maximum absolute atomic E-state index is 11.1. The smallest absolute Gasteiger partial charge is 0.221 e. The zero-order valence-corrected chi connectivity index (χ0v) is 14.6. The zero-order chi connectivity index (χ0) is 16.9. The Morgan fingerprint density at radius 1 is 1.42 bits per heavy atom. The first-order valence-electron chi connectivity index (χ1n) is 8.11. The Morgan fingerprint density at radius 3 is 3.08 bits per heavy atom. The lowest BCUT2D eigenvalue weighted by atomic mass is 10.2. The molecule has 3 rings (SSSR count). The van der Waals surface area contributed by atoms with Gasteiger partial charge in [0.15, 0.2) is 5.13 Å². The minimum Gasteiger partial charge on any atom is -0.375 e. The standard InChI is InChI=1S/C18H22N4OS/c1-13(23)20-15-6-2-4-14(12-15)5-3-9-22-10-7-16-17(8-11-22)24-18(19)21-16/h2-6,12H,7-11H2,1H3,(H2,19,21)(H,20,23). The van der Waals surface area contributed by atoms with Gasteiger partial charge in [0.25, 0.3) is 0 Å². The molecule has 0 saturated heterocycles. The Bertz CT molecular complexity index is 728. The third-order valence-corrected chi connectivity index (χ3v) is 4.98. The lowest BCUT2D eigenvalue weighted by Crippen LogP contribution is -2.26. The van der Waals surface area contributed by atoms with Crippen LogP contribution in [0.2, 0.25) is 0 Å². The molecule has 0 spiro atoms. The van der Waals surface area contributed by atoms with Crippen LogP contribution < -0.4 is 11.1 Å². The van der Waals surface area contributed by atoms with Crippen LogP contribution in [0.1, 0.15) is 23.1 Å². The van der Waals surface area contributed by atoms with E-state index in [0.717, 1.165) is 43.7 Å². The second-order valence-electron chi connectivity index (χ2n) is 5.93. The second-order valence-corrected chi connectivity index (χ2v) is 7.05. The first-order valence-corrected chi connectivity index (χ1v) is 8.92. The molecule has 2 heterocycles. The van der Waals surface area contributed by atoms with Crippen LogP contribution >= 0.6 is 11.3 Å². The van der Waals surface area contributed by atoms with Crippen molar-refractivity contribution in [3.63, 3.8) is 0 Å².